The van der Waals surface area contributed by atoms with Gasteiger partial charge in [0.1, 0.15) is 0 Å². The second kappa shape index (κ2) is 8.83. The first-order valence-electron chi connectivity index (χ1n) is 6.37. The van der Waals surface area contributed by atoms with Crippen LogP contribution in [0.25, 0.3) is 0 Å². The number of nitrogens with zero attached hydrogens (tertiary/aromatic N) is 2. The largest absolute Gasteiger partial charge is 0.480 e. The van der Waals surface area contributed by atoms with Crippen LogP contribution in [0.3, 0.4) is 0 Å². The molecule has 0 aliphatic heterocycles. The van der Waals surface area contributed by atoms with E-state index in [0.29, 0.717) is 18.3 Å². The Kier molecular flexibility index (Phi) is 7.29. The van der Waals surface area contributed by atoms with Crippen molar-refractivity contribution in [2.24, 2.45) is 5.92 Å². The van der Waals surface area contributed by atoms with E-state index in [0.717, 1.165) is 31.9 Å². The Labute approximate surface area is 109 Å². The lowest BCUT2D eigenvalue weighted by atomic mass is 10.1. The van der Waals surface area contributed by atoms with Crippen molar-refractivity contribution in [3.63, 3.8) is 0 Å². The van der Waals surface area contributed by atoms with Crippen molar-refractivity contribution >= 4 is 0 Å². The van der Waals surface area contributed by atoms with Gasteiger partial charge in [-0.1, -0.05) is 13.8 Å². The summed E-state index contributed by atoms with van der Waals surface area (Å²) in [5, 5.41) is 11.2. The highest BCUT2D eigenvalue weighted by molar-refractivity contribution is 5.10. The van der Waals surface area contributed by atoms with Gasteiger partial charge in [-0.25, -0.2) is 0 Å². The van der Waals surface area contributed by atoms with Crippen LogP contribution < -0.4 is 10.1 Å². The van der Waals surface area contributed by atoms with Gasteiger partial charge < -0.3 is 14.8 Å². The lowest BCUT2D eigenvalue weighted by molar-refractivity contribution is 0.125. The molecule has 5 nitrogen and oxygen atoms in total. The monoisotopic (exact) mass is 253 g/mol. The van der Waals surface area contributed by atoms with Gasteiger partial charge in [0, 0.05) is 25.8 Å². The van der Waals surface area contributed by atoms with Crippen molar-refractivity contribution in [1.82, 2.24) is 15.5 Å². The van der Waals surface area contributed by atoms with Gasteiger partial charge in [-0.2, -0.15) is 5.10 Å². The van der Waals surface area contributed by atoms with Crippen molar-refractivity contribution < 1.29 is 9.47 Å². The van der Waals surface area contributed by atoms with Crippen LogP contribution in [0.4, 0.5) is 0 Å². The van der Waals surface area contributed by atoms with Gasteiger partial charge in [0.15, 0.2) is 0 Å². The zero-order valence-electron chi connectivity index (χ0n) is 11.5. The molecule has 102 valence electrons. The third kappa shape index (κ3) is 6.51. The fraction of sp³-hybridized carbons (Fsp3) is 0.692. The summed E-state index contributed by atoms with van der Waals surface area (Å²) < 4.78 is 10.4. The molecule has 0 unspecified atom stereocenters. The molecule has 1 rings (SSSR count). The van der Waals surface area contributed by atoms with Crippen LogP contribution >= 0.6 is 0 Å². The molecule has 1 N–H and O–H groups in total. The van der Waals surface area contributed by atoms with Crippen molar-refractivity contribution in [3.05, 3.63) is 17.8 Å². The molecule has 0 aromatic carbocycles. The number of methoxy groups -OCH3 is 1. The molecule has 0 saturated heterocycles. The molecule has 1 aromatic heterocycles. The van der Waals surface area contributed by atoms with E-state index in [2.05, 4.69) is 29.4 Å². The quantitative estimate of drug-likeness (QED) is 0.678. The van der Waals surface area contributed by atoms with Crippen molar-refractivity contribution in [2.45, 2.75) is 26.8 Å². The summed E-state index contributed by atoms with van der Waals surface area (Å²) in [6, 6.07) is 3.71. The lowest BCUT2D eigenvalue weighted by Gasteiger charge is -2.07. The summed E-state index contributed by atoms with van der Waals surface area (Å²) in [7, 11) is 1.58. The summed E-state index contributed by atoms with van der Waals surface area (Å²) in [6.07, 6.45) is 1.12. The summed E-state index contributed by atoms with van der Waals surface area (Å²) in [5.74, 6) is 1.24. The van der Waals surface area contributed by atoms with Crippen molar-refractivity contribution in [3.8, 4) is 5.88 Å². The molecule has 0 fully saturated rings. The molecule has 0 spiro atoms. The number of hydrogen-bond acceptors (Lipinski definition) is 5. The predicted molar refractivity (Wildman–Crippen MR) is 70.6 cm³/mol. The molecule has 0 radical (unpaired) electrons. The molecule has 1 aromatic rings. The van der Waals surface area contributed by atoms with E-state index >= 15 is 0 Å². The predicted octanol–water partition coefficient (Wildman–Crippen LogP) is 1.64. The minimum absolute atomic E-state index is 0.538. The average molecular weight is 253 g/mol. The number of nitrogens with one attached hydrogen (secondary N) is 1. The highest BCUT2D eigenvalue weighted by Gasteiger charge is 1.97. The Balaban J connectivity index is 2.03. The maximum absolute atomic E-state index is 5.50. The van der Waals surface area contributed by atoms with Gasteiger partial charge in [-0.3, -0.25) is 0 Å². The zero-order valence-corrected chi connectivity index (χ0v) is 11.5. The molecule has 0 bridgehead atoms. The van der Waals surface area contributed by atoms with Gasteiger partial charge in [-0.05, 0) is 18.4 Å². The second-order valence-electron chi connectivity index (χ2n) is 4.54. The summed E-state index contributed by atoms with van der Waals surface area (Å²) in [5.41, 5.74) is 0.901. The minimum Gasteiger partial charge on any atom is -0.480 e. The van der Waals surface area contributed by atoms with E-state index < -0.39 is 0 Å². The Morgan fingerprint density at radius 3 is 2.67 bits per heavy atom. The van der Waals surface area contributed by atoms with E-state index in [1.54, 1.807) is 7.11 Å². The number of aromatic nitrogens is 2. The van der Waals surface area contributed by atoms with Crippen LogP contribution in [-0.2, 0) is 11.3 Å². The van der Waals surface area contributed by atoms with Crippen LogP contribution in [-0.4, -0.2) is 37.1 Å². The summed E-state index contributed by atoms with van der Waals surface area (Å²) in [6.45, 7) is 7.49. The fourth-order valence-corrected chi connectivity index (χ4v) is 1.33. The maximum atomic E-state index is 5.50. The van der Waals surface area contributed by atoms with Crippen LogP contribution in [0.1, 0.15) is 26.0 Å². The first kappa shape index (κ1) is 14.9. The summed E-state index contributed by atoms with van der Waals surface area (Å²) in [4.78, 5) is 0. The summed E-state index contributed by atoms with van der Waals surface area (Å²) >= 11 is 0. The molecule has 0 atom stereocenters. The maximum Gasteiger partial charge on any atom is 0.233 e. The van der Waals surface area contributed by atoms with E-state index in [9.17, 15) is 0 Å². The highest BCUT2D eigenvalue weighted by atomic mass is 16.5. The van der Waals surface area contributed by atoms with Gasteiger partial charge >= 0.3 is 0 Å². The number of hydrogen-bond donors (Lipinski definition) is 1. The van der Waals surface area contributed by atoms with E-state index in [-0.39, 0.29) is 0 Å². The van der Waals surface area contributed by atoms with E-state index in [1.165, 1.54) is 0 Å². The van der Waals surface area contributed by atoms with Gasteiger partial charge in [0.05, 0.1) is 19.4 Å². The highest BCUT2D eigenvalue weighted by Crippen LogP contribution is 2.03. The third-order valence-electron chi connectivity index (χ3n) is 2.47. The SMILES string of the molecule is COc1ccc(CNCCOCCC(C)C)nn1. The van der Waals surface area contributed by atoms with E-state index in [1.807, 2.05) is 12.1 Å². The standard InChI is InChI=1S/C13H23N3O2/c1-11(2)6-8-18-9-7-14-10-12-4-5-13(17-3)16-15-12/h4-5,11,14H,6-10H2,1-3H3. The number of ether oxygens (including phenoxy) is 2. The van der Waals surface area contributed by atoms with Crippen LogP contribution in [0.5, 0.6) is 5.88 Å². The Morgan fingerprint density at radius 2 is 2.06 bits per heavy atom. The smallest absolute Gasteiger partial charge is 0.233 e. The van der Waals surface area contributed by atoms with Crippen molar-refractivity contribution in [1.29, 1.82) is 0 Å². The van der Waals surface area contributed by atoms with Gasteiger partial charge in [0.25, 0.3) is 0 Å². The normalized spacial score (nSPS) is 10.9. The molecular weight excluding hydrogens is 230 g/mol. The zero-order chi connectivity index (χ0) is 13.2. The molecule has 0 aliphatic rings. The second-order valence-corrected chi connectivity index (χ2v) is 4.54. The molecular formula is C13H23N3O2. The van der Waals surface area contributed by atoms with E-state index in [4.69, 9.17) is 9.47 Å². The molecule has 0 amide bonds. The third-order valence-corrected chi connectivity index (χ3v) is 2.47. The molecule has 0 aliphatic carbocycles. The van der Waals surface area contributed by atoms with Crippen LogP contribution in [0, 0.1) is 5.92 Å². The minimum atomic E-state index is 0.538. The first-order valence-corrected chi connectivity index (χ1v) is 6.37. The molecule has 1 heterocycles. The first-order chi connectivity index (χ1) is 8.72. The number of rotatable bonds is 9. The Morgan fingerprint density at radius 1 is 1.22 bits per heavy atom. The Bertz CT molecular complexity index is 315. The topological polar surface area (TPSA) is 56.3 Å². The van der Waals surface area contributed by atoms with Crippen LogP contribution in [0.2, 0.25) is 0 Å². The van der Waals surface area contributed by atoms with Gasteiger partial charge in [0.2, 0.25) is 5.88 Å². The van der Waals surface area contributed by atoms with Crippen molar-refractivity contribution in [2.75, 3.05) is 26.9 Å². The lowest BCUT2D eigenvalue weighted by Crippen LogP contribution is -2.20. The van der Waals surface area contributed by atoms with Crippen LogP contribution in [0.15, 0.2) is 12.1 Å². The van der Waals surface area contributed by atoms with Gasteiger partial charge in [-0.15, -0.1) is 5.10 Å². The Hall–Kier alpha value is -1.20. The average Bonchev–Trinajstić information content (AvgIpc) is 2.38. The molecule has 0 saturated carbocycles. The molecule has 18 heavy (non-hydrogen) atoms. The molecule has 5 heteroatoms. The fourth-order valence-electron chi connectivity index (χ4n) is 1.33.